The molecule has 1 aromatic carbocycles. The Hall–Kier alpha value is -1.47. The molecule has 0 heterocycles. The Balaban J connectivity index is 2.56. The molecule has 1 rings (SSSR count). The van der Waals surface area contributed by atoms with E-state index in [1.807, 2.05) is 6.92 Å². The fraction of sp³-hybridized carbons (Fsp3) is 0.462. The Morgan fingerprint density at radius 1 is 1.55 bits per heavy atom. The third-order valence-corrected chi connectivity index (χ3v) is 3.49. The summed E-state index contributed by atoms with van der Waals surface area (Å²) in [5.74, 6) is -0.227. The van der Waals surface area contributed by atoms with Crippen molar-refractivity contribution < 1.29 is 14.8 Å². The van der Waals surface area contributed by atoms with Crippen LogP contribution in [-0.4, -0.2) is 28.6 Å². The van der Waals surface area contributed by atoms with Crippen LogP contribution in [0.3, 0.4) is 0 Å². The lowest BCUT2D eigenvalue weighted by atomic mass is 10.1. The number of halogens is 1. The summed E-state index contributed by atoms with van der Waals surface area (Å²) in [6.07, 6.45) is 1.06. The number of rotatable bonds is 7. The Kier molecular flexibility index (Phi) is 6.60. The number of aliphatic hydroxyl groups excluding tert-OH is 1. The summed E-state index contributed by atoms with van der Waals surface area (Å²) < 4.78 is 0.524. The zero-order valence-corrected chi connectivity index (χ0v) is 12.7. The van der Waals surface area contributed by atoms with E-state index < -0.39 is 11.0 Å². The third kappa shape index (κ3) is 5.26. The van der Waals surface area contributed by atoms with Crippen LogP contribution in [0.4, 0.5) is 5.69 Å². The summed E-state index contributed by atoms with van der Waals surface area (Å²) in [4.78, 5) is 21.8. The molecule has 20 heavy (non-hydrogen) atoms. The SMILES string of the molecule is CCCC(O)CNC(=O)Cc1ccc([N+](=O)[O-])cc1Br. The smallest absolute Gasteiger partial charge is 0.270 e. The predicted octanol–water partition coefficient (Wildman–Crippen LogP) is 2.18. The highest BCUT2D eigenvalue weighted by Gasteiger charge is 2.12. The molecule has 0 aliphatic heterocycles. The van der Waals surface area contributed by atoms with Crippen molar-refractivity contribution in [1.29, 1.82) is 0 Å². The lowest BCUT2D eigenvalue weighted by molar-refractivity contribution is -0.384. The minimum Gasteiger partial charge on any atom is -0.391 e. The second-order valence-electron chi connectivity index (χ2n) is 4.46. The number of hydrogen-bond donors (Lipinski definition) is 2. The molecule has 110 valence electrons. The van der Waals surface area contributed by atoms with Gasteiger partial charge < -0.3 is 10.4 Å². The molecule has 0 aliphatic rings. The van der Waals surface area contributed by atoms with Crippen LogP contribution in [0, 0.1) is 10.1 Å². The highest BCUT2D eigenvalue weighted by Crippen LogP contribution is 2.23. The zero-order valence-electron chi connectivity index (χ0n) is 11.1. The normalized spacial score (nSPS) is 11.9. The summed E-state index contributed by atoms with van der Waals surface area (Å²) >= 11 is 3.22. The number of aliphatic hydroxyl groups is 1. The van der Waals surface area contributed by atoms with E-state index in [9.17, 15) is 20.0 Å². The molecule has 0 saturated heterocycles. The van der Waals surface area contributed by atoms with Gasteiger partial charge in [0, 0.05) is 23.2 Å². The molecule has 0 fully saturated rings. The highest BCUT2D eigenvalue weighted by molar-refractivity contribution is 9.10. The minimum atomic E-state index is -0.538. The van der Waals surface area contributed by atoms with Gasteiger partial charge in [-0.2, -0.15) is 0 Å². The van der Waals surface area contributed by atoms with Crippen LogP contribution in [-0.2, 0) is 11.2 Å². The van der Waals surface area contributed by atoms with Crippen molar-refractivity contribution in [1.82, 2.24) is 5.32 Å². The molecule has 1 aromatic rings. The number of nitrogens with one attached hydrogen (secondary N) is 1. The maximum absolute atomic E-state index is 11.7. The Morgan fingerprint density at radius 3 is 2.80 bits per heavy atom. The molecule has 0 saturated carbocycles. The second kappa shape index (κ2) is 7.96. The molecule has 2 N–H and O–H groups in total. The molecular weight excluding hydrogens is 328 g/mol. The molecule has 0 spiro atoms. The predicted molar refractivity (Wildman–Crippen MR) is 78.4 cm³/mol. The maximum Gasteiger partial charge on any atom is 0.270 e. The summed E-state index contributed by atoms with van der Waals surface area (Å²) in [5.41, 5.74) is 0.637. The van der Waals surface area contributed by atoms with Gasteiger partial charge in [0.15, 0.2) is 0 Å². The number of carbonyl (C=O) groups is 1. The zero-order chi connectivity index (χ0) is 15.1. The van der Waals surface area contributed by atoms with Gasteiger partial charge in [0.05, 0.1) is 17.4 Å². The van der Waals surface area contributed by atoms with Gasteiger partial charge >= 0.3 is 0 Å². The van der Waals surface area contributed by atoms with E-state index in [2.05, 4.69) is 21.2 Å². The monoisotopic (exact) mass is 344 g/mol. The molecule has 0 aromatic heterocycles. The van der Waals surface area contributed by atoms with Crippen LogP contribution in [0.25, 0.3) is 0 Å². The van der Waals surface area contributed by atoms with Gasteiger partial charge in [-0.15, -0.1) is 0 Å². The minimum absolute atomic E-state index is 0.0283. The van der Waals surface area contributed by atoms with Crippen LogP contribution in [0.15, 0.2) is 22.7 Å². The van der Waals surface area contributed by atoms with Gasteiger partial charge in [-0.1, -0.05) is 35.3 Å². The van der Waals surface area contributed by atoms with Gasteiger partial charge in [0.25, 0.3) is 5.69 Å². The van der Waals surface area contributed by atoms with Crippen LogP contribution in [0.2, 0.25) is 0 Å². The Labute approximate surface area is 125 Å². The first-order valence-electron chi connectivity index (χ1n) is 6.31. The fourth-order valence-electron chi connectivity index (χ4n) is 1.70. The number of nitro groups is 1. The van der Waals surface area contributed by atoms with E-state index in [1.165, 1.54) is 12.1 Å². The van der Waals surface area contributed by atoms with Gasteiger partial charge in [-0.25, -0.2) is 0 Å². The fourth-order valence-corrected chi connectivity index (χ4v) is 2.20. The van der Waals surface area contributed by atoms with E-state index >= 15 is 0 Å². The molecule has 0 radical (unpaired) electrons. The summed E-state index contributed by atoms with van der Waals surface area (Å²) in [5, 5.41) is 22.8. The van der Waals surface area contributed by atoms with Crippen molar-refractivity contribution in [3.63, 3.8) is 0 Å². The summed E-state index contributed by atoms with van der Waals surface area (Å²) in [6, 6.07) is 4.28. The third-order valence-electron chi connectivity index (χ3n) is 2.76. The maximum atomic E-state index is 11.7. The molecule has 1 amide bonds. The van der Waals surface area contributed by atoms with E-state index in [4.69, 9.17) is 0 Å². The summed E-state index contributed by atoms with van der Waals surface area (Å²) in [6.45, 7) is 2.18. The number of nitrogens with zero attached hydrogens (tertiary/aromatic N) is 1. The quantitative estimate of drug-likeness (QED) is 0.585. The molecule has 0 aliphatic carbocycles. The largest absolute Gasteiger partial charge is 0.391 e. The topological polar surface area (TPSA) is 92.5 Å². The van der Waals surface area contributed by atoms with Crippen molar-refractivity contribution in [3.05, 3.63) is 38.3 Å². The van der Waals surface area contributed by atoms with E-state index in [-0.39, 0.29) is 24.6 Å². The molecule has 1 unspecified atom stereocenters. The second-order valence-corrected chi connectivity index (χ2v) is 5.31. The molecular formula is C13H17BrN2O4. The number of hydrogen-bond acceptors (Lipinski definition) is 4. The van der Waals surface area contributed by atoms with Gasteiger partial charge in [0.1, 0.15) is 0 Å². The number of benzene rings is 1. The van der Waals surface area contributed by atoms with Crippen molar-refractivity contribution >= 4 is 27.5 Å². The van der Waals surface area contributed by atoms with Gasteiger partial charge in [0.2, 0.25) is 5.91 Å². The highest BCUT2D eigenvalue weighted by atomic mass is 79.9. The van der Waals surface area contributed by atoms with Crippen LogP contribution >= 0.6 is 15.9 Å². The van der Waals surface area contributed by atoms with Gasteiger partial charge in [-0.05, 0) is 12.0 Å². The van der Waals surface area contributed by atoms with Crippen LogP contribution in [0.1, 0.15) is 25.3 Å². The number of nitro benzene ring substituents is 1. The average molecular weight is 345 g/mol. The molecule has 1 atom stereocenters. The van der Waals surface area contributed by atoms with Gasteiger partial charge in [-0.3, -0.25) is 14.9 Å². The number of amides is 1. The van der Waals surface area contributed by atoms with Crippen molar-refractivity contribution in [2.75, 3.05) is 6.54 Å². The summed E-state index contributed by atoms with van der Waals surface area (Å²) in [7, 11) is 0. The lowest BCUT2D eigenvalue weighted by Gasteiger charge is -2.11. The lowest BCUT2D eigenvalue weighted by Crippen LogP contribution is -2.33. The Bertz CT molecular complexity index is 493. The van der Waals surface area contributed by atoms with Crippen LogP contribution < -0.4 is 5.32 Å². The standard InChI is InChI=1S/C13H17BrN2O4/c1-2-3-11(17)8-15-13(18)6-9-4-5-10(16(19)20)7-12(9)14/h4-5,7,11,17H,2-3,6,8H2,1H3,(H,15,18). The molecule has 6 nitrogen and oxygen atoms in total. The van der Waals surface area contributed by atoms with Crippen molar-refractivity contribution in [2.45, 2.75) is 32.3 Å². The van der Waals surface area contributed by atoms with Crippen molar-refractivity contribution in [3.8, 4) is 0 Å². The number of carbonyl (C=O) groups excluding carboxylic acids is 1. The van der Waals surface area contributed by atoms with E-state index in [1.54, 1.807) is 6.07 Å². The van der Waals surface area contributed by atoms with Crippen LogP contribution in [0.5, 0.6) is 0 Å². The number of non-ortho nitro benzene ring substituents is 1. The molecule has 7 heteroatoms. The van der Waals surface area contributed by atoms with E-state index in [0.717, 1.165) is 6.42 Å². The van der Waals surface area contributed by atoms with E-state index in [0.29, 0.717) is 16.5 Å². The van der Waals surface area contributed by atoms with Crippen molar-refractivity contribution in [2.24, 2.45) is 0 Å². The average Bonchev–Trinajstić information content (AvgIpc) is 2.39. The first-order chi connectivity index (χ1) is 9.43. The Morgan fingerprint density at radius 2 is 2.25 bits per heavy atom. The first-order valence-corrected chi connectivity index (χ1v) is 7.11. The molecule has 0 bridgehead atoms. The first kappa shape index (κ1) is 16.6.